The number of aromatic nitrogens is 5. The highest BCUT2D eigenvalue weighted by Gasteiger charge is 2.10. The van der Waals surface area contributed by atoms with Crippen LogP contribution >= 0.6 is 27.5 Å². The van der Waals surface area contributed by atoms with Crippen molar-refractivity contribution in [2.24, 2.45) is 0 Å². The van der Waals surface area contributed by atoms with E-state index in [2.05, 4.69) is 36.0 Å². The zero-order chi connectivity index (χ0) is 14.8. The van der Waals surface area contributed by atoms with Crippen molar-refractivity contribution < 1.29 is 4.74 Å². The molecule has 0 aliphatic carbocycles. The Bertz CT molecular complexity index is 778. The van der Waals surface area contributed by atoms with E-state index in [1.165, 1.54) is 4.68 Å². The number of hydrogen-bond donors (Lipinski definition) is 0. The third-order valence-electron chi connectivity index (χ3n) is 2.57. The smallest absolute Gasteiger partial charge is 0.328 e. The summed E-state index contributed by atoms with van der Waals surface area (Å²) in [4.78, 5) is 12.2. The first-order chi connectivity index (χ1) is 10.1. The van der Waals surface area contributed by atoms with Gasteiger partial charge in [-0.3, -0.25) is 0 Å². The van der Waals surface area contributed by atoms with E-state index < -0.39 is 0 Å². The summed E-state index contributed by atoms with van der Waals surface area (Å²) in [5.41, 5.74) is 1.11. The van der Waals surface area contributed by atoms with Crippen LogP contribution in [0.4, 0.5) is 0 Å². The van der Waals surface area contributed by atoms with Crippen molar-refractivity contribution in [2.45, 2.75) is 6.92 Å². The maximum Gasteiger partial charge on any atom is 0.328 e. The third kappa shape index (κ3) is 3.20. The molecule has 1 aromatic carbocycles. The Labute approximate surface area is 133 Å². The van der Waals surface area contributed by atoms with Crippen LogP contribution in [0, 0.1) is 6.92 Å². The second kappa shape index (κ2) is 5.79. The largest absolute Gasteiger partial charge is 0.423 e. The Morgan fingerprint density at radius 2 is 2.10 bits per heavy atom. The Morgan fingerprint density at radius 1 is 1.24 bits per heavy atom. The molecule has 6 nitrogen and oxygen atoms in total. The molecule has 3 aromatic rings. The molecule has 0 spiro atoms. The van der Waals surface area contributed by atoms with E-state index in [0.29, 0.717) is 11.7 Å². The average Bonchev–Trinajstić information content (AvgIpc) is 2.95. The van der Waals surface area contributed by atoms with Gasteiger partial charge in [0.1, 0.15) is 5.75 Å². The number of rotatable bonds is 3. The molecule has 106 valence electrons. The first kappa shape index (κ1) is 14.0. The molecule has 8 heteroatoms. The van der Waals surface area contributed by atoms with Gasteiger partial charge >= 0.3 is 6.01 Å². The minimum Gasteiger partial charge on any atom is -0.423 e. The molecule has 0 radical (unpaired) electrons. The second-order valence-corrected chi connectivity index (χ2v) is 5.37. The summed E-state index contributed by atoms with van der Waals surface area (Å²) in [6.45, 7) is 1.99. The normalized spacial score (nSPS) is 10.6. The second-order valence-electron chi connectivity index (χ2n) is 4.17. The highest BCUT2D eigenvalue weighted by atomic mass is 79.9. The van der Waals surface area contributed by atoms with E-state index in [1.807, 2.05) is 25.1 Å². The molecule has 0 amide bonds. The van der Waals surface area contributed by atoms with E-state index in [4.69, 9.17) is 16.3 Å². The maximum absolute atomic E-state index is 5.90. The van der Waals surface area contributed by atoms with Crippen molar-refractivity contribution in [3.8, 4) is 17.7 Å². The Balaban J connectivity index is 1.95. The number of benzene rings is 1. The summed E-state index contributed by atoms with van der Waals surface area (Å²) < 4.78 is 7.93. The standard InChI is InChI=1S/C13H9BrClN5O/c1-8-3-4-10(9(14)7-8)21-13-18-11(15)17-12(19-13)20-6-2-5-16-20/h2-7H,1H3. The molecule has 2 heterocycles. The number of ether oxygens (including phenoxy) is 1. The summed E-state index contributed by atoms with van der Waals surface area (Å²) in [7, 11) is 0. The molecule has 0 fully saturated rings. The van der Waals surface area contributed by atoms with Gasteiger partial charge in [0.2, 0.25) is 5.28 Å². The van der Waals surface area contributed by atoms with Crippen molar-refractivity contribution in [1.29, 1.82) is 0 Å². The zero-order valence-electron chi connectivity index (χ0n) is 10.9. The summed E-state index contributed by atoms with van der Waals surface area (Å²) in [5, 5.41) is 4.08. The van der Waals surface area contributed by atoms with Crippen molar-refractivity contribution in [1.82, 2.24) is 24.7 Å². The van der Waals surface area contributed by atoms with E-state index in [1.54, 1.807) is 18.5 Å². The predicted octanol–water partition coefficient (Wildman–Crippen LogP) is 3.57. The minimum absolute atomic E-state index is 0.0359. The Kier molecular flexibility index (Phi) is 3.85. The highest BCUT2D eigenvalue weighted by molar-refractivity contribution is 9.10. The van der Waals surface area contributed by atoms with Gasteiger partial charge in [-0.2, -0.15) is 20.1 Å². The van der Waals surface area contributed by atoms with Crippen molar-refractivity contribution in [3.63, 3.8) is 0 Å². The minimum atomic E-state index is 0.0359. The van der Waals surface area contributed by atoms with Crippen LogP contribution in [0.1, 0.15) is 5.56 Å². The fourth-order valence-corrected chi connectivity index (χ4v) is 2.37. The molecular weight excluding hydrogens is 358 g/mol. The number of nitrogens with zero attached hydrogens (tertiary/aromatic N) is 5. The molecular formula is C13H9BrClN5O. The van der Waals surface area contributed by atoms with Crippen molar-refractivity contribution >= 4 is 27.5 Å². The highest BCUT2D eigenvalue weighted by Crippen LogP contribution is 2.29. The van der Waals surface area contributed by atoms with Gasteiger partial charge in [-0.25, -0.2) is 4.68 Å². The quantitative estimate of drug-likeness (QED) is 0.709. The molecule has 0 bridgehead atoms. The van der Waals surface area contributed by atoms with Crippen molar-refractivity contribution in [2.75, 3.05) is 0 Å². The molecule has 2 aromatic heterocycles. The molecule has 0 saturated carbocycles. The van der Waals surface area contributed by atoms with Crippen LogP contribution in [0.2, 0.25) is 5.28 Å². The average molecular weight is 367 g/mol. The number of halogens is 2. The van der Waals surface area contributed by atoms with Crippen LogP contribution in [0.25, 0.3) is 5.95 Å². The summed E-state index contributed by atoms with van der Waals surface area (Å²) in [5.74, 6) is 0.882. The fraction of sp³-hybridized carbons (Fsp3) is 0.0769. The van der Waals surface area contributed by atoms with Crippen LogP contribution in [-0.4, -0.2) is 24.7 Å². The SMILES string of the molecule is Cc1ccc(Oc2nc(Cl)nc(-n3cccn3)n2)c(Br)c1. The van der Waals surface area contributed by atoms with Crippen LogP contribution in [-0.2, 0) is 0 Å². The Hall–Kier alpha value is -1.99. The number of aryl methyl sites for hydroxylation is 1. The fourth-order valence-electron chi connectivity index (χ4n) is 1.64. The maximum atomic E-state index is 5.90. The Morgan fingerprint density at radius 3 is 2.81 bits per heavy atom. The molecule has 0 N–H and O–H groups in total. The van der Waals surface area contributed by atoms with Gasteiger partial charge in [-0.05, 0) is 58.2 Å². The summed E-state index contributed by atoms with van der Waals surface area (Å²) >= 11 is 9.34. The lowest BCUT2D eigenvalue weighted by Gasteiger charge is -2.08. The molecule has 0 atom stereocenters. The van der Waals surface area contributed by atoms with Gasteiger partial charge in [0, 0.05) is 12.4 Å². The zero-order valence-corrected chi connectivity index (χ0v) is 13.2. The summed E-state index contributed by atoms with van der Waals surface area (Å²) in [6, 6.07) is 7.55. The van der Waals surface area contributed by atoms with Gasteiger partial charge in [-0.15, -0.1) is 0 Å². The van der Waals surface area contributed by atoms with Crippen LogP contribution < -0.4 is 4.74 Å². The molecule has 3 rings (SSSR count). The first-order valence-electron chi connectivity index (χ1n) is 5.97. The summed E-state index contributed by atoms with van der Waals surface area (Å²) in [6.07, 6.45) is 3.33. The lowest BCUT2D eigenvalue weighted by molar-refractivity contribution is 0.434. The molecule has 0 unspecified atom stereocenters. The van der Waals surface area contributed by atoms with Gasteiger partial charge in [-0.1, -0.05) is 6.07 Å². The lowest BCUT2D eigenvalue weighted by Crippen LogP contribution is -2.05. The number of hydrogen-bond acceptors (Lipinski definition) is 5. The topological polar surface area (TPSA) is 65.7 Å². The molecule has 0 aliphatic heterocycles. The van der Waals surface area contributed by atoms with Crippen molar-refractivity contribution in [3.05, 3.63) is 52.0 Å². The monoisotopic (exact) mass is 365 g/mol. The van der Waals surface area contributed by atoms with Gasteiger partial charge in [0.15, 0.2) is 0 Å². The van der Waals surface area contributed by atoms with Gasteiger partial charge < -0.3 is 4.74 Å². The van der Waals surface area contributed by atoms with E-state index in [0.717, 1.165) is 10.0 Å². The van der Waals surface area contributed by atoms with Gasteiger partial charge in [0.25, 0.3) is 5.95 Å². The van der Waals surface area contributed by atoms with Gasteiger partial charge in [0.05, 0.1) is 4.47 Å². The lowest BCUT2D eigenvalue weighted by atomic mass is 10.2. The molecule has 0 aliphatic rings. The van der Waals surface area contributed by atoms with E-state index in [9.17, 15) is 0 Å². The first-order valence-corrected chi connectivity index (χ1v) is 7.14. The van der Waals surface area contributed by atoms with E-state index >= 15 is 0 Å². The van der Waals surface area contributed by atoms with Crippen LogP contribution in [0.5, 0.6) is 11.8 Å². The van der Waals surface area contributed by atoms with Crippen LogP contribution in [0.3, 0.4) is 0 Å². The van der Waals surface area contributed by atoms with Crippen LogP contribution in [0.15, 0.2) is 41.1 Å². The predicted molar refractivity (Wildman–Crippen MR) is 80.9 cm³/mol. The van der Waals surface area contributed by atoms with E-state index in [-0.39, 0.29) is 11.3 Å². The third-order valence-corrected chi connectivity index (χ3v) is 3.36. The molecule has 0 saturated heterocycles. The molecule has 21 heavy (non-hydrogen) atoms.